The number of esters is 2. The number of likely N-dealkylation sites (tertiary alicyclic amines) is 1. The Morgan fingerprint density at radius 2 is 1.56 bits per heavy atom. The molecule has 3 N–H and O–H groups in total. The number of sulfonamides is 1. The number of hydrogen-bond acceptors (Lipinski definition) is 13. The van der Waals surface area contributed by atoms with E-state index in [0.29, 0.717) is 43.6 Å². The number of urea groups is 1. The summed E-state index contributed by atoms with van der Waals surface area (Å²) in [5.41, 5.74) is -0.330. The third-order valence-corrected chi connectivity index (χ3v) is 18.0. The maximum Gasteiger partial charge on any atom is 0.352 e. The summed E-state index contributed by atoms with van der Waals surface area (Å²) in [6, 6.07) is 16.0. The number of halogens is 3. The monoisotopic (exact) mass is 1140 g/mol. The van der Waals surface area contributed by atoms with Gasteiger partial charge in [-0.1, -0.05) is 48.0 Å². The minimum atomic E-state index is -4.04. The molecule has 0 saturated carbocycles. The number of thiophene rings is 1. The number of amides is 5. The van der Waals surface area contributed by atoms with Crippen LogP contribution in [0.3, 0.4) is 0 Å². The van der Waals surface area contributed by atoms with E-state index in [1.54, 1.807) is 78.5 Å². The summed E-state index contributed by atoms with van der Waals surface area (Å²) in [7, 11) is -4.04. The Labute approximate surface area is 466 Å². The molecule has 5 heterocycles. The molecular formula is C57H63ClF2N6O11S2. The van der Waals surface area contributed by atoms with Crippen LogP contribution in [-0.2, 0) is 39.6 Å². The van der Waals surface area contributed by atoms with Crippen molar-refractivity contribution in [2.75, 3.05) is 41.8 Å². The highest BCUT2D eigenvalue weighted by Gasteiger charge is 2.44. The van der Waals surface area contributed by atoms with Gasteiger partial charge in [-0.3, -0.25) is 24.6 Å². The molecule has 4 aliphatic rings. The van der Waals surface area contributed by atoms with E-state index in [4.69, 9.17) is 25.8 Å². The molecule has 5 aromatic rings. The number of nitrogens with zero attached hydrogens (tertiary/aromatic N) is 3. The second-order valence-corrected chi connectivity index (χ2v) is 26.3. The van der Waals surface area contributed by atoms with Gasteiger partial charge in [-0.2, -0.15) is 4.31 Å². The number of anilines is 3. The number of piperidine rings is 3. The molecule has 17 nitrogen and oxygen atoms in total. The minimum Gasteiger partial charge on any atom is -0.479 e. The first-order valence-electron chi connectivity index (χ1n) is 26.1. The van der Waals surface area contributed by atoms with Gasteiger partial charge in [0.25, 0.3) is 5.91 Å². The lowest BCUT2D eigenvalue weighted by molar-refractivity contribution is -0.157. The first-order chi connectivity index (χ1) is 37.1. The van der Waals surface area contributed by atoms with Gasteiger partial charge in [0.1, 0.15) is 28.1 Å². The van der Waals surface area contributed by atoms with Crippen LogP contribution in [0, 0.1) is 11.6 Å². The number of benzene rings is 4. The Hall–Kier alpha value is -6.68. The second kappa shape index (κ2) is 21.8. The van der Waals surface area contributed by atoms with Crippen LogP contribution in [0.4, 0.5) is 30.6 Å². The van der Waals surface area contributed by atoms with E-state index in [0.717, 1.165) is 33.7 Å². The van der Waals surface area contributed by atoms with E-state index in [1.807, 2.05) is 24.3 Å². The van der Waals surface area contributed by atoms with E-state index in [-0.39, 0.29) is 92.6 Å². The first-order valence-corrected chi connectivity index (χ1v) is 28.9. The Bertz CT molecular complexity index is 3420. The zero-order chi connectivity index (χ0) is 57.1. The lowest BCUT2D eigenvalue weighted by atomic mass is 9.85. The number of imide groups is 1. The van der Waals surface area contributed by atoms with Crippen molar-refractivity contribution in [2.24, 2.45) is 0 Å². The molecule has 1 unspecified atom stereocenters. The lowest BCUT2D eigenvalue weighted by Crippen LogP contribution is -2.55. The summed E-state index contributed by atoms with van der Waals surface area (Å²) in [6.45, 7) is 13.9. The molecule has 1 aromatic heterocycles. The van der Waals surface area contributed by atoms with Crippen LogP contribution in [0.1, 0.15) is 131 Å². The van der Waals surface area contributed by atoms with Crippen molar-refractivity contribution in [1.29, 1.82) is 0 Å². The molecule has 9 rings (SSSR count). The fourth-order valence-electron chi connectivity index (χ4n) is 11.0. The molecule has 0 aliphatic carbocycles. The highest BCUT2D eigenvalue weighted by molar-refractivity contribution is 7.88. The van der Waals surface area contributed by atoms with Crippen LogP contribution >= 0.6 is 22.9 Å². The molecule has 3 fully saturated rings. The molecule has 2 atom stereocenters. The van der Waals surface area contributed by atoms with Crippen molar-refractivity contribution in [3.05, 3.63) is 105 Å². The molecule has 0 bridgehead atoms. The molecule has 5 amide bonds. The van der Waals surface area contributed by atoms with Crippen molar-refractivity contribution >= 4 is 96.5 Å². The van der Waals surface area contributed by atoms with Crippen molar-refractivity contribution in [3.63, 3.8) is 0 Å². The Morgan fingerprint density at radius 1 is 0.861 bits per heavy atom. The molecule has 4 aliphatic heterocycles. The Morgan fingerprint density at radius 3 is 2.24 bits per heavy atom. The summed E-state index contributed by atoms with van der Waals surface area (Å²) < 4.78 is 78.6. The van der Waals surface area contributed by atoms with Crippen LogP contribution < -0.4 is 25.6 Å². The van der Waals surface area contributed by atoms with Crippen LogP contribution in [0.2, 0.25) is 5.02 Å². The maximum absolute atomic E-state index is 16.7. The van der Waals surface area contributed by atoms with E-state index in [1.165, 1.54) is 27.4 Å². The predicted octanol–water partition coefficient (Wildman–Crippen LogP) is 10.5. The number of ether oxygens (including phenoxy) is 3. The minimum absolute atomic E-state index is 0.0180. The van der Waals surface area contributed by atoms with Gasteiger partial charge in [0.15, 0.2) is 23.1 Å². The van der Waals surface area contributed by atoms with Gasteiger partial charge < -0.3 is 29.7 Å². The maximum atomic E-state index is 16.7. The number of carbonyl (C=O) groups excluding carboxylic acids is 6. The summed E-state index contributed by atoms with van der Waals surface area (Å²) in [5.74, 6) is -4.70. The van der Waals surface area contributed by atoms with Gasteiger partial charge in [0, 0.05) is 54.1 Å². The van der Waals surface area contributed by atoms with Crippen molar-refractivity contribution < 1.29 is 60.2 Å². The standard InChI is InChI=1S/C57H63ClF2N6O11S2/c1-55(2,3)76-44(68)29-75-48-46(58)49(78-50(48)53(71)77-56(4,5)6)37-13-10-14-39(47(37)60)61-33-23-26-65(57(7,8)28-33)79(73,74)30-31-15-17-38(59)40(27-31)62-54(72)64-24-21-32(22-25-64)34-16-18-41-45-35(34)11-9-12-36(45)52(70)66(41)42-19-20-43(67)63-51(42)69/h9-18,27,32-33,42,61H,19-26,28-30H2,1-8H3,(H,62,72)(H,63,67,69)/t33-,42?/m0/s1. The predicted molar refractivity (Wildman–Crippen MR) is 297 cm³/mol. The third-order valence-electron chi connectivity index (χ3n) is 14.3. The van der Waals surface area contributed by atoms with Gasteiger partial charge in [-0.05, 0) is 140 Å². The largest absolute Gasteiger partial charge is 0.479 e. The van der Waals surface area contributed by atoms with E-state index < -0.39 is 80.7 Å². The van der Waals surface area contributed by atoms with E-state index in [2.05, 4.69) is 16.0 Å². The van der Waals surface area contributed by atoms with Crippen LogP contribution in [0.15, 0.2) is 66.7 Å². The van der Waals surface area contributed by atoms with E-state index in [9.17, 15) is 37.2 Å². The number of rotatable bonds is 13. The fourth-order valence-corrected chi connectivity index (χ4v) is 14.4. The van der Waals surface area contributed by atoms with Crippen LogP contribution in [0.5, 0.6) is 5.75 Å². The molecule has 0 radical (unpaired) electrons. The average molecular weight is 1150 g/mol. The molecule has 3 saturated heterocycles. The highest BCUT2D eigenvalue weighted by atomic mass is 35.5. The molecule has 79 heavy (non-hydrogen) atoms. The Balaban J connectivity index is 0.827. The van der Waals surface area contributed by atoms with E-state index >= 15 is 8.78 Å². The molecule has 4 aromatic carbocycles. The zero-order valence-corrected chi connectivity index (χ0v) is 47.5. The number of hydrogen-bond donors (Lipinski definition) is 3. The molecule has 0 spiro atoms. The number of nitrogens with one attached hydrogen (secondary N) is 3. The fraction of sp³-hybridized carbons (Fsp3) is 0.439. The summed E-state index contributed by atoms with van der Waals surface area (Å²) >= 11 is 7.67. The third kappa shape index (κ3) is 12.1. The summed E-state index contributed by atoms with van der Waals surface area (Å²) in [6.07, 6.45) is 2.06. The molecular weight excluding hydrogens is 1080 g/mol. The van der Waals surface area contributed by atoms with Crippen LogP contribution in [0.25, 0.3) is 21.2 Å². The topological polar surface area (TPSA) is 210 Å². The SMILES string of the molecule is CC(C)(C)OC(=O)COc1c(C(=O)OC(C)(C)C)sc(-c2cccc(N[C@H]3CCN(S(=O)(=O)Cc4ccc(F)c(NC(=O)N5CCC(c6ccc7c8c(cccc68)C(=O)N7C6CCC(=O)NC6=O)CC5)c4)C(C)(C)C3)c2F)c1Cl. The van der Waals surface area contributed by atoms with Gasteiger partial charge in [0.05, 0.1) is 27.7 Å². The zero-order valence-electron chi connectivity index (χ0n) is 45.1. The van der Waals surface area contributed by atoms with Gasteiger partial charge in [-0.15, -0.1) is 11.3 Å². The van der Waals surface area contributed by atoms with Crippen molar-refractivity contribution in [2.45, 2.75) is 134 Å². The quantitative estimate of drug-likeness (QED) is 0.0743. The first kappa shape index (κ1) is 57.0. The second-order valence-electron chi connectivity index (χ2n) is 23.0. The van der Waals surface area contributed by atoms with Crippen molar-refractivity contribution in [3.8, 4) is 16.2 Å². The van der Waals surface area contributed by atoms with Gasteiger partial charge in [-0.25, -0.2) is 31.6 Å². The smallest absolute Gasteiger partial charge is 0.352 e. The molecule has 22 heteroatoms. The number of carbonyl (C=O) groups is 6. The summed E-state index contributed by atoms with van der Waals surface area (Å²) in [4.78, 5) is 81.2. The van der Waals surface area contributed by atoms with Crippen molar-refractivity contribution in [1.82, 2.24) is 14.5 Å². The molecule has 420 valence electrons. The normalized spacial score (nSPS) is 19.1. The lowest BCUT2D eigenvalue weighted by Gasteiger charge is -2.45. The van der Waals surface area contributed by atoms with Gasteiger partial charge >= 0.3 is 18.0 Å². The van der Waals surface area contributed by atoms with Crippen LogP contribution in [-0.4, -0.2) is 108 Å². The van der Waals surface area contributed by atoms with Gasteiger partial charge in [0.2, 0.25) is 21.8 Å². The Kier molecular flexibility index (Phi) is 15.7. The average Bonchev–Trinajstić information content (AvgIpc) is 4.10. The highest BCUT2D eigenvalue weighted by Crippen LogP contribution is 2.49. The summed E-state index contributed by atoms with van der Waals surface area (Å²) in [5, 5.41) is 9.78.